The van der Waals surface area contributed by atoms with Gasteiger partial charge in [-0.05, 0) is 38.0 Å². The predicted octanol–water partition coefficient (Wildman–Crippen LogP) is 2.79. The second-order valence-corrected chi connectivity index (χ2v) is 6.52. The molecule has 0 heterocycles. The van der Waals surface area contributed by atoms with Gasteiger partial charge >= 0.3 is 0 Å². The molecule has 0 bridgehead atoms. The summed E-state index contributed by atoms with van der Waals surface area (Å²) in [4.78, 5) is 12.8. The molecule has 3 nitrogen and oxygen atoms in total. The van der Waals surface area contributed by atoms with Crippen molar-refractivity contribution in [1.82, 2.24) is 5.32 Å². The Hall–Kier alpha value is -0.680. The van der Waals surface area contributed by atoms with Gasteiger partial charge in [0.15, 0.2) is 0 Å². The van der Waals surface area contributed by atoms with E-state index in [1.807, 2.05) is 25.1 Å². The number of hydrogen-bond acceptors (Lipinski definition) is 3. The number of carbonyl (C=O) groups excluding carboxylic acids is 1. The number of benzene rings is 1. The number of anilines is 1. The van der Waals surface area contributed by atoms with Gasteiger partial charge in [-0.3, -0.25) is 4.79 Å². The molecule has 1 atom stereocenters. The fraction of sp³-hybridized carbons (Fsp3) is 0.417. The van der Waals surface area contributed by atoms with E-state index in [4.69, 9.17) is 5.73 Å². The van der Waals surface area contributed by atoms with E-state index in [0.29, 0.717) is 11.7 Å². The van der Waals surface area contributed by atoms with Crippen LogP contribution in [0.4, 0.5) is 5.69 Å². The zero-order valence-electron chi connectivity index (χ0n) is 9.57. The van der Waals surface area contributed by atoms with Crippen molar-refractivity contribution in [3.8, 4) is 0 Å². The number of carbonyl (C=O) groups is 1. The van der Waals surface area contributed by atoms with Crippen molar-refractivity contribution in [2.45, 2.75) is 36.0 Å². The van der Waals surface area contributed by atoms with Gasteiger partial charge in [-0.2, -0.15) is 0 Å². The van der Waals surface area contributed by atoms with Crippen LogP contribution in [0.5, 0.6) is 0 Å². The highest BCUT2D eigenvalue weighted by molar-refractivity contribution is 9.10. The molecular formula is C12H15BrN2OS. The van der Waals surface area contributed by atoms with E-state index in [0.717, 1.165) is 22.2 Å². The average molecular weight is 315 g/mol. The number of nitrogen functional groups attached to an aromatic ring is 1. The highest BCUT2D eigenvalue weighted by Gasteiger charge is 2.26. The maximum absolute atomic E-state index is 11.8. The van der Waals surface area contributed by atoms with Crippen LogP contribution in [0.2, 0.25) is 0 Å². The SMILES string of the molecule is CC(Sc1cc(Br)ccc1N)C(=O)NC1CC1. The summed E-state index contributed by atoms with van der Waals surface area (Å²) in [7, 11) is 0. The molecule has 2 rings (SSSR count). The Morgan fingerprint density at radius 2 is 2.29 bits per heavy atom. The van der Waals surface area contributed by atoms with Crippen LogP contribution in [0.1, 0.15) is 19.8 Å². The van der Waals surface area contributed by atoms with E-state index in [9.17, 15) is 4.79 Å². The quantitative estimate of drug-likeness (QED) is 0.663. The van der Waals surface area contributed by atoms with E-state index < -0.39 is 0 Å². The summed E-state index contributed by atoms with van der Waals surface area (Å²) in [5, 5.41) is 2.88. The summed E-state index contributed by atoms with van der Waals surface area (Å²) >= 11 is 4.90. The number of rotatable bonds is 4. The first-order chi connectivity index (χ1) is 8.06. The van der Waals surface area contributed by atoms with Gasteiger partial charge in [-0.1, -0.05) is 15.9 Å². The van der Waals surface area contributed by atoms with Crippen molar-refractivity contribution >= 4 is 39.3 Å². The molecule has 92 valence electrons. The molecule has 1 fully saturated rings. The van der Waals surface area contributed by atoms with Crippen LogP contribution in [0.15, 0.2) is 27.6 Å². The number of hydrogen-bond donors (Lipinski definition) is 2. The smallest absolute Gasteiger partial charge is 0.233 e. The molecule has 1 amide bonds. The first-order valence-electron chi connectivity index (χ1n) is 5.58. The third-order valence-electron chi connectivity index (χ3n) is 2.57. The fourth-order valence-corrected chi connectivity index (χ4v) is 2.87. The number of nitrogens with one attached hydrogen (secondary N) is 1. The topological polar surface area (TPSA) is 55.1 Å². The predicted molar refractivity (Wildman–Crippen MR) is 75.0 cm³/mol. The summed E-state index contributed by atoms with van der Waals surface area (Å²) in [5.41, 5.74) is 6.59. The first-order valence-corrected chi connectivity index (χ1v) is 7.25. The van der Waals surface area contributed by atoms with E-state index in [1.54, 1.807) is 0 Å². The Morgan fingerprint density at radius 1 is 1.59 bits per heavy atom. The minimum Gasteiger partial charge on any atom is -0.398 e. The fourth-order valence-electron chi connectivity index (χ4n) is 1.40. The lowest BCUT2D eigenvalue weighted by atomic mass is 10.3. The zero-order valence-corrected chi connectivity index (χ0v) is 12.0. The molecule has 1 unspecified atom stereocenters. The standard InChI is InChI=1S/C12H15BrN2OS/c1-7(12(16)15-9-3-4-9)17-11-6-8(13)2-5-10(11)14/h2,5-7,9H,3-4,14H2,1H3,(H,15,16). The Balaban J connectivity index is 1.98. The summed E-state index contributed by atoms with van der Waals surface area (Å²) in [5.74, 6) is 0.0943. The van der Waals surface area contributed by atoms with E-state index >= 15 is 0 Å². The Morgan fingerprint density at radius 3 is 2.94 bits per heavy atom. The third-order valence-corrected chi connectivity index (χ3v) is 4.24. The molecular weight excluding hydrogens is 300 g/mol. The molecule has 0 aromatic heterocycles. The van der Waals surface area contributed by atoms with Gasteiger partial charge < -0.3 is 11.1 Å². The van der Waals surface area contributed by atoms with Crippen molar-refractivity contribution in [3.63, 3.8) is 0 Å². The molecule has 5 heteroatoms. The molecule has 0 saturated heterocycles. The van der Waals surface area contributed by atoms with Gasteiger partial charge in [-0.15, -0.1) is 11.8 Å². The number of thioether (sulfide) groups is 1. The number of amides is 1. The highest BCUT2D eigenvalue weighted by Crippen LogP contribution is 2.31. The second-order valence-electron chi connectivity index (χ2n) is 4.23. The van der Waals surface area contributed by atoms with Crippen LogP contribution < -0.4 is 11.1 Å². The Labute approximate surface area is 114 Å². The van der Waals surface area contributed by atoms with Crippen molar-refractivity contribution in [2.24, 2.45) is 0 Å². The van der Waals surface area contributed by atoms with Crippen LogP contribution in [0, 0.1) is 0 Å². The van der Waals surface area contributed by atoms with Gasteiger partial charge in [-0.25, -0.2) is 0 Å². The van der Waals surface area contributed by atoms with E-state index in [1.165, 1.54) is 11.8 Å². The largest absolute Gasteiger partial charge is 0.398 e. The van der Waals surface area contributed by atoms with Crippen molar-refractivity contribution in [3.05, 3.63) is 22.7 Å². The van der Waals surface area contributed by atoms with Crippen LogP contribution in [-0.4, -0.2) is 17.2 Å². The lowest BCUT2D eigenvalue weighted by Crippen LogP contribution is -2.32. The summed E-state index contributed by atoms with van der Waals surface area (Å²) in [6.07, 6.45) is 2.23. The maximum Gasteiger partial charge on any atom is 0.233 e. The zero-order chi connectivity index (χ0) is 12.4. The van der Waals surface area contributed by atoms with E-state index in [-0.39, 0.29) is 11.2 Å². The van der Waals surface area contributed by atoms with Gasteiger partial charge in [0.2, 0.25) is 5.91 Å². The molecule has 1 aliphatic carbocycles. The summed E-state index contributed by atoms with van der Waals surface area (Å²) in [6.45, 7) is 1.91. The summed E-state index contributed by atoms with van der Waals surface area (Å²) < 4.78 is 0.976. The Bertz CT molecular complexity index is 435. The molecule has 1 saturated carbocycles. The number of halogens is 1. The Kier molecular flexibility index (Phi) is 3.99. The van der Waals surface area contributed by atoms with Crippen LogP contribution in [0.3, 0.4) is 0 Å². The maximum atomic E-state index is 11.8. The molecule has 1 aromatic carbocycles. The van der Waals surface area contributed by atoms with Crippen molar-refractivity contribution < 1.29 is 4.79 Å². The lowest BCUT2D eigenvalue weighted by molar-refractivity contribution is -0.120. The molecule has 1 aromatic rings. The lowest BCUT2D eigenvalue weighted by Gasteiger charge is -2.13. The summed E-state index contributed by atoms with van der Waals surface area (Å²) in [6, 6.07) is 6.10. The molecule has 3 N–H and O–H groups in total. The van der Waals surface area contributed by atoms with E-state index in [2.05, 4.69) is 21.2 Å². The van der Waals surface area contributed by atoms with Gasteiger partial charge in [0.05, 0.1) is 5.25 Å². The van der Waals surface area contributed by atoms with Crippen LogP contribution in [0.25, 0.3) is 0 Å². The molecule has 1 aliphatic rings. The number of nitrogens with two attached hydrogens (primary N) is 1. The molecule has 0 radical (unpaired) electrons. The molecule has 0 spiro atoms. The van der Waals surface area contributed by atoms with Crippen molar-refractivity contribution in [2.75, 3.05) is 5.73 Å². The monoisotopic (exact) mass is 314 g/mol. The van der Waals surface area contributed by atoms with Crippen LogP contribution in [-0.2, 0) is 4.79 Å². The van der Waals surface area contributed by atoms with Gasteiger partial charge in [0.1, 0.15) is 0 Å². The second kappa shape index (κ2) is 5.31. The van der Waals surface area contributed by atoms with Crippen LogP contribution >= 0.6 is 27.7 Å². The highest BCUT2D eigenvalue weighted by atomic mass is 79.9. The normalized spacial score (nSPS) is 16.6. The van der Waals surface area contributed by atoms with Crippen molar-refractivity contribution in [1.29, 1.82) is 0 Å². The minimum absolute atomic E-state index is 0.0943. The molecule has 17 heavy (non-hydrogen) atoms. The first kappa shape index (κ1) is 12.8. The third kappa shape index (κ3) is 3.64. The van der Waals surface area contributed by atoms with Gasteiger partial charge in [0, 0.05) is 21.1 Å². The van der Waals surface area contributed by atoms with Gasteiger partial charge in [0.25, 0.3) is 0 Å². The minimum atomic E-state index is -0.118. The molecule has 0 aliphatic heterocycles. The average Bonchev–Trinajstić information content (AvgIpc) is 3.07.